The highest BCUT2D eigenvalue weighted by molar-refractivity contribution is 5.79. The van der Waals surface area contributed by atoms with E-state index in [0.29, 0.717) is 19.8 Å². The number of ether oxygens (including phenoxy) is 2. The van der Waals surface area contributed by atoms with Crippen molar-refractivity contribution < 1.29 is 14.3 Å². The lowest BCUT2D eigenvalue weighted by atomic mass is 9.96. The standard InChI is InChI=1S/C15H20N2O3/c18-15(17-9-13-8-16-5-6-19-13)12-7-11-3-1-2-4-14(11)20-10-12/h1-4,12-13,16H,5-10H2,(H,17,18). The van der Waals surface area contributed by atoms with Crippen LogP contribution in [0, 0.1) is 5.92 Å². The van der Waals surface area contributed by atoms with E-state index in [-0.39, 0.29) is 17.9 Å². The molecular weight excluding hydrogens is 256 g/mol. The summed E-state index contributed by atoms with van der Waals surface area (Å²) in [5.74, 6) is 0.839. The monoisotopic (exact) mass is 276 g/mol. The van der Waals surface area contributed by atoms with Crippen molar-refractivity contribution in [3.8, 4) is 5.75 Å². The topological polar surface area (TPSA) is 59.6 Å². The van der Waals surface area contributed by atoms with Crippen molar-refractivity contribution in [3.63, 3.8) is 0 Å². The Balaban J connectivity index is 1.51. The van der Waals surface area contributed by atoms with Gasteiger partial charge in [-0.25, -0.2) is 0 Å². The van der Waals surface area contributed by atoms with Crippen LogP contribution in [0.4, 0.5) is 0 Å². The minimum absolute atomic E-state index is 0.0497. The molecule has 2 unspecified atom stereocenters. The lowest BCUT2D eigenvalue weighted by Gasteiger charge is -2.27. The zero-order chi connectivity index (χ0) is 13.8. The van der Waals surface area contributed by atoms with Crippen molar-refractivity contribution in [2.24, 2.45) is 5.92 Å². The van der Waals surface area contributed by atoms with Gasteiger partial charge in [0, 0.05) is 19.6 Å². The average molecular weight is 276 g/mol. The summed E-state index contributed by atoms with van der Waals surface area (Å²) >= 11 is 0. The molecule has 2 aliphatic heterocycles. The SMILES string of the molecule is O=C(NCC1CNCCO1)C1COc2ccccc2C1. The number of morpholine rings is 1. The predicted octanol–water partition coefficient (Wildman–Crippen LogP) is 0.342. The van der Waals surface area contributed by atoms with Crippen LogP contribution >= 0.6 is 0 Å². The predicted molar refractivity (Wildman–Crippen MR) is 74.8 cm³/mol. The van der Waals surface area contributed by atoms with Crippen LogP contribution in [0.2, 0.25) is 0 Å². The van der Waals surface area contributed by atoms with Crippen LogP contribution in [0.1, 0.15) is 5.56 Å². The zero-order valence-electron chi connectivity index (χ0n) is 11.4. The molecule has 0 aromatic heterocycles. The Morgan fingerprint density at radius 3 is 3.15 bits per heavy atom. The van der Waals surface area contributed by atoms with E-state index in [2.05, 4.69) is 10.6 Å². The molecule has 3 rings (SSSR count). The summed E-state index contributed by atoms with van der Waals surface area (Å²) in [6.07, 6.45) is 0.815. The van der Waals surface area contributed by atoms with Gasteiger partial charge in [-0.05, 0) is 18.1 Å². The molecule has 0 aliphatic carbocycles. The molecule has 1 amide bonds. The quantitative estimate of drug-likeness (QED) is 0.836. The Morgan fingerprint density at radius 2 is 2.30 bits per heavy atom. The Bertz CT molecular complexity index is 472. The van der Waals surface area contributed by atoms with Crippen LogP contribution in [0.5, 0.6) is 5.75 Å². The maximum atomic E-state index is 12.2. The molecule has 0 spiro atoms. The molecule has 5 nitrogen and oxygen atoms in total. The summed E-state index contributed by atoms with van der Waals surface area (Å²) in [4.78, 5) is 12.2. The van der Waals surface area contributed by atoms with E-state index in [4.69, 9.17) is 9.47 Å². The first kappa shape index (κ1) is 13.4. The zero-order valence-corrected chi connectivity index (χ0v) is 11.4. The smallest absolute Gasteiger partial charge is 0.226 e. The molecule has 0 bridgehead atoms. The molecule has 2 heterocycles. The summed E-state index contributed by atoms with van der Waals surface area (Å²) in [5, 5.41) is 6.22. The second-order valence-corrected chi connectivity index (χ2v) is 5.26. The average Bonchev–Trinajstić information content (AvgIpc) is 2.53. The minimum Gasteiger partial charge on any atom is -0.492 e. The molecule has 2 N–H and O–H groups in total. The number of carbonyl (C=O) groups is 1. The number of para-hydroxylation sites is 1. The fraction of sp³-hybridized carbons (Fsp3) is 0.533. The van der Waals surface area contributed by atoms with Gasteiger partial charge >= 0.3 is 0 Å². The van der Waals surface area contributed by atoms with E-state index in [0.717, 1.165) is 30.8 Å². The molecule has 20 heavy (non-hydrogen) atoms. The Morgan fingerprint density at radius 1 is 1.40 bits per heavy atom. The van der Waals surface area contributed by atoms with Gasteiger partial charge in [-0.2, -0.15) is 0 Å². The van der Waals surface area contributed by atoms with E-state index in [9.17, 15) is 4.79 Å². The summed E-state index contributed by atoms with van der Waals surface area (Å²) in [6.45, 7) is 3.40. The number of rotatable bonds is 3. The summed E-state index contributed by atoms with van der Waals surface area (Å²) in [5.41, 5.74) is 1.11. The molecule has 0 radical (unpaired) electrons. The van der Waals surface area contributed by atoms with Crippen molar-refractivity contribution in [1.29, 1.82) is 0 Å². The largest absolute Gasteiger partial charge is 0.492 e. The van der Waals surface area contributed by atoms with Crippen molar-refractivity contribution in [2.75, 3.05) is 32.8 Å². The van der Waals surface area contributed by atoms with Gasteiger partial charge in [0.05, 0.1) is 18.6 Å². The number of amides is 1. The molecule has 2 aliphatic rings. The fourth-order valence-corrected chi connectivity index (χ4v) is 2.61. The van der Waals surface area contributed by atoms with Gasteiger partial charge in [-0.3, -0.25) is 4.79 Å². The molecular formula is C15H20N2O3. The van der Waals surface area contributed by atoms with E-state index in [1.807, 2.05) is 24.3 Å². The van der Waals surface area contributed by atoms with Crippen LogP contribution in [0.15, 0.2) is 24.3 Å². The maximum Gasteiger partial charge on any atom is 0.226 e. The lowest BCUT2D eigenvalue weighted by molar-refractivity contribution is -0.127. The van der Waals surface area contributed by atoms with Crippen molar-refractivity contribution in [2.45, 2.75) is 12.5 Å². The number of carbonyl (C=O) groups excluding carboxylic acids is 1. The van der Waals surface area contributed by atoms with Crippen molar-refractivity contribution in [1.82, 2.24) is 10.6 Å². The molecule has 1 aromatic carbocycles. The summed E-state index contributed by atoms with van der Waals surface area (Å²) in [6, 6.07) is 7.89. The van der Waals surface area contributed by atoms with Crippen molar-refractivity contribution >= 4 is 5.91 Å². The van der Waals surface area contributed by atoms with Gasteiger partial charge in [0.15, 0.2) is 0 Å². The maximum absolute atomic E-state index is 12.2. The number of fused-ring (bicyclic) bond motifs is 1. The second-order valence-electron chi connectivity index (χ2n) is 5.26. The first-order valence-corrected chi connectivity index (χ1v) is 7.13. The highest BCUT2D eigenvalue weighted by atomic mass is 16.5. The molecule has 108 valence electrons. The fourth-order valence-electron chi connectivity index (χ4n) is 2.61. The molecule has 1 saturated heterocycles. The first-order chi connectivity index (χ1) is 9.83. The highest BCUT2D eigenvalue weighted by Gasteiger charge is 2.26. The number of hydrogen-bond donors (Lipinski definition) is 2. The van der Waals surface area contributed by atoms with Crippen LogP contribution < -0.4 is 15.4 Å². The van der Waals surface area contributed by atoms with Gasteiger partial charge in [-0.1, -0.05) is 18.2 Å². The van der Waals surface area contributed by atoms with E-state index < -0.39 is 0 Å². The number of hydrogen-bond acceptors (Lipinski definition) is 4. The minimum atomic E-state index is -0.110. The lowest BCUT2D eigenvalue weighted by Crippen LogP contribution is -2.47. The third-order valence-electron chi connectivity index (χ3n) is 3.76. The first-order valence-electron chi connectivity index (χ1n) is 7.13. The van der Waals surface area contributed by atoms with E-state index in [1.54, 1.807) is 0 Å². The Hall–Kier alpha value is -1.59. The van der Waals surface area contributed by atoms with E-state index in [1.165, 1.54) is 0 Å². The van der Waals surface area contributed by atoms with Gasteiger partial charge in [0.25, 0.3) is 0 Å². The van der Waals surface area contributed by atoms with Crippen LogP contribution in [0.25, 0.3) is 0 Å². The number of benzene rings is 1. The van der Waals surface area contributed by atoms with Crippen LogP contribution in [0.3, 0.4) is 0 Å². The molecule has 0 saturated carbocycles. The van der Waals surface area contributed by atoms with Gasteiger partial charge < -0.3 is 20.1 Å². The van der Waals surface area contributed by atoms with Gasteiger partial charge in [0.1, 0.15) is 12.4 Å². The molecule has 1 aromatic rings. The Kier molecular flexibility index (Phi) is 4.18. The highest BCUT2D eigenvalue weighted by Crippen LogP contribution is 2.26. The van der Waals surface area contributed by atoms with Gasteiger partial charge in [-0.15, -0.1) is 0 Å². The molecule has 1 fully saturated rings. The third-order valence-corrected chi connectivity index (χ3v) is 3.76. The summed E-state index contributed by atoms with van der Waals surface area (Å²) < 4.78 is 11.2. The third kappa shape index (κ3) is 3.11. The molecule has 5 heteroatoms. The van der Waals surface area contributed by atoms with Crippen molar-refractivity contribution in [3.05, 3.63) is 29.8 Å². The summed E-state index contributed by atoms with van der Waals surface area (Å²) in [7, 11) is 0. The number of nitrogens with one attached hydrogen (secondary N) is 2. The van der Waals surface area contributed by atoms with Crippen LogP contribution in [-0.2, 0) is 16.0 Å². The van der Waals surface area contributed by atoms with E-state index >= 15 is 0 Å². The second kappa shape index (κ2) is 6.24. The molecule has 2 atom stereocenters. The van der Waals surface area contributed by atoms with Gasteiger partial charge in [0.2, 0.25) is 5.91 Å². The Labute approximate surface area is 118 Å². The van der Waals surface area contributed by atoms with Crippen LogP contribution in [-0.4, -0.2) is 44.9 Å². The normalized spacial score (nSPS) is 25.4.